The number of pyridine rings is 1. The van der Waals surface area contributed by atoms with Gasteiger partial charge in [-0.3, -0.25) is 4.79 Å². The predicted molar refractivity (Wildman–Crippen MR) is 137 cm³/mol. The Morgan fingerprint density at radius 2 is 1.81 bits per heavy atom. The van der Waals surface area contributed by atoms with E-state index in [1.54, 1.807) is 30.3 Å². The molecule has 37 heavy (non-hydrogen) atoms. The van der Waals surface area contributed by atoms with Crippen LogP contribution in [0.25, 0.3) is 11.3 Å². The lowest BCUT2D eigenvalue weighted by Gasteiger charge is -2.11. The molecule has 186 valence electrons. The Balaban J connectivity index is 1.30. The maximum atomic E-state index is 13.2. The number of ether oxygens (including phenoxy) is 1. The Labute approximate surface area is 222 Å². The molecule has 9 heteroatoms. The van der Waals surface area contributed by atoms with Crippen LogP contribution in [0.15, 0.2) is 53.2 Å². The summed E-state index contributed by atoms with van der Waals surface area (Å²) in [5, 5.41) is 14.6. The number of hydrogen-bond acceptors (Lipinski definition) is 6. The van der Waals surface area contributed by atoms with Gasteiger partial charge in [0.1, 0.15) is 18.1 Å². The van der Waals surface area contributed by atoms with Crippen LogP contribution in [0.2, 0.25) is 10.0 Å². The minimum Gasteiger partial charge on any atom is -0.478 e. The number of fused-ring (bicyclic) bond motifs is 2. The Morgan fingerprint density at radius 3 is 2.54 bits per heavy atom. The van der Waals surface area contributed by atoms with Gasteiger partial charge in [-0.15, -0.1) is 0 Å². The van der Waals surface area contributed by atoms with Gasteiger partial charge in [0.2, 0.25) is 5.88 Å². The molecule has 7 nitrogen and oxygen atoms in total. The summed E-state index contributed by atoms with van der Waals surface area (Å²) >= 11 is 12.9. The fourth-order valence-corrected chi connectivity index (χ4v) is 5.29. The molecule has 0 radical (unpaired) electrons. The van der Waals surface area contributed by atoms with E-state index in [0.717, 1.165) is 35.3 Å². The molecule has 2 aliphatic carbocycles. The Hall–Kier alpha value is -3.68. The van der Waals surface area contributed by atoms with E-state index in [4.69, 9.17) is 32.5 Å². The molecule has 2 heterocycles. The van der Waals surface area contributed by atoms with E-state index >= 15 is 0 Å². The van der Waals surface area contributed by atoms with Crippen LogP contribution in [0.5, 0.6) is 5.88 Å². The average Bonchev–Trinajstić information content (AvgIpc) is 3.67. The van der Waals surface area contributed by atoms with Gasteiger partial charge in [-0.1, -0.05) is 40.5 Å². The molecule has 0 saturated heterocycles. The number of halogens is 2. The number of carbonyl (C=O) groups is 2. The molecule has 0 spiro atoms. The predicted octanol–water partition coefficient (Wildman–Crippen LogP) is 6.53. The van der Waals surface area contributed by atoms with Gasteiger partial charge in [0.15, 0.2) is 5.78 Å². The molecule has 2 aliphatic rings. The molecule has 2 aromatic heterocycles. The first-order chi connectivity index (χ1) is 17.9. The van der Waals surface area contributed by atoms with Gasteiger partial charge < -0.3 is 14.4 Å². The van der Waals surface area contributed by atoms with Gasteiger partial charge in [0, 0.05) is 34.9 Å². The highest BCUT2D eigenvalue weighted by Gasteiger charge is 2.34. The number of carboxylic acid groups (broad SMARTS) is 1. The zero-order valence-electron chi connectivity index (χ0n) is 19.5. The Kier molecular flexibility index (Phi) is 5.97. The van der Waals surface area contributed by atoms with Gasteiger partial charge in [-0.2, -0.15) is 0 Å². The highest BCUT2D eigenvalue weighted by atomic mass is 35.5. The monoisotopic (exact) mass is 534 g/mol. The number of rotatable bonds is 6. The molecular weight excluding hydrogens is 515 g/mol. The maximum Gasteiger partial charge on any atom is 0.335 e. The first kappa shape index (κ1) is 23.7. The van der Waals surface area contributed by atoms with Gasteiger partial charge >= 0.3 is 5.97 Å². The van der Waals surface area contributed by atoms with E-state index in [0.29, 0.717) is 51.2 Å². The van der Waals surface area contributed by atoms with Crippen molar-refractivity contribution in [2.75, 3.05) is 0 Å². The molecule has 0 amide bonds. The summed E-state index contributed by atoms with van der Waals surface area (Å²) in [5.41, 5.74) is 4.46. The second kappa shape index (κ2) is 9.32. The summed E-state index contributed by atoms with van der Waals surface area (Å²) in [6.07, 6.45) is 4.73. The zero-order valence-corrected chi connectivity index (χ0v) is 21.0. The van der Waals surface area contributed by atoms with Crippen LogP contribution >= 0.6 is 23.2 Å². The minimum absolute atomic E-state index is 0.0816. The van der Waals surface area contributed by atoms with Crippen LogP contribution in [0, 0.1) is 0 Å². The third-order valence-corrected chi connectivity index (χ3v) is 7.43. The summed E-state index contributed by atoms with van der Waals surface area (Å²) in [4.78, 5) is 29.0. The number of carbonyl (C=O) groups excluding carboxylic acids is 1. The average molecular weight is 535 g/mol. The first-order valence-corrected chi connectivity index (χ1v) is 12.6. The summed E-state index contributed by atoms with van der Waals surface area (Å²) in [5.74, 6) is 0.102. The second-order valence-electron chi connectivity index (χ2n) is 9.22. The van der Waals surface area contributed by atoms with E-state index in [2.05, 4.69) is 10.1 Å². The summed E-state index contributed by atoms with van der Waals surface area (Å²) in [7, 11) is 0. The number of aryl methyl sites for hydroxylation is 2. The second-order valence-corrected chi connectivity index (χ2v) is 10.0. The summed E-state index contributed by atoms with van der Waals surface area (Å²) in [6, 6.07) is 11.7. The standard InChI is InChI=1S/C28H20Cl2N2O5/c29-21-2-1-3-22(30)24(21)25-20(27(37-32-25)15-6-7-15)13-36-23-11-16-8-4-14-5-9-17(28(34)35)10-18(14)26(33)19(16)12-31-23/h1-3,5,9-12,15H,4,6-8,13H2,(H,34,35). The van der Waals surface area contributed by atoms with Crippen molar-refractivity contribution in [1.29, 1.82) is 0 Å². The number of aromatic nitrogens is 2. The van der Waals surface area contributed by atoms with Crippen LogP contribution in [0.1, 0.15) is 67.5 Å². The summed E-state index contributed by atoms with van der Waals surface area (Å²) in [6.45, 7) is 0.147. The van der Waals surface area contributed by atoms with Crippen LogP contribution in [-0.4, -0.2) is 27.0 Å². The molecule has 2 aromatic carbocycles. The Bertz CT molecular complexity index is 1550. The van der Waals surface area contributed by atoms with Crippen LogP contribution in [0.3, 0.4) is 0 Å². The lowest BCUT2D eigenvalue weighted by Crippen LogP contribution is -2.08. The van der Waals surface area contributed by atoms with Crippen LogP contribution in [0.4, 0.5) is 0 Å². The van der Waals surface area contributed by atoms with Crippen molar-refractivity contribution in [3.05, 3.63) is 97.8 Å². The summed E-state index contributed by atoms with van der Waals surface area (Å²) < 4.78 is 11.8. The minimum atomic E-state index is -1.07. The van der Waals surface area contributed by atoms with Crippen molar-refractivity contribution in [1.82, 2.24) is 10.1 Å². The SMILES string of the molecule is O=C(O)c1ccc2c(c1)C(=O)c1cnc(OCc3c(-c4c(Cl)cccc4Cl)noc3C3CC3)cc1CC2. The van der Waals surface area contributed by atoms with Crippen molar-refractivity contribution in [2.24, 2.45) is 0 Å². The van der Waals surface area contributed by atoms with E-state index in [9.17, 15) is 14.7 Å². The molecule has 1 saturated carbocycles. The lowest BCUT2D eigenvalue weighted by atomic mass is 9.98. The van der Waals surface area contributed by atoms with E-state index in [-0.39, 0.29) is 23.9 Å². The Morgan fingerprint density at radius 1 is 1.05 bits per heavy atom. The molecule has 1 N–H and O–H groups in total. The molecule has 4 aromatic rings. The van der Waals surface area contributed by atoms with Crippen molar-refractivity contribution in [3.63, 3.8) is 0 Å². The van der Waals surface area contributed by atoms with Gasteiger partial charge in [0.25, 0.3) is 0 Å². The number of hydrogen-bond donors (Lipinski definition) is 1. The zero-order chi connectivity index (χ0) is 25.7. The van der Waals surface area contributed by atoms with E-state index < -0.39 is 5.97 Å². The van der Waals surface area contributed by atoms with Crippen LogP contribution < -0.4 is 4.74 Å². The lowest BCUT2D eigenvalue weighted by molar-refractivity contribution is 0.0697. The van der Waals surface area contributed by atoms with Gasteiger partial charge in [-0.25, -0.2) is 9.78 Å². The smallest absolute Gasteiger partial charge is 0.335 e. The van der Waals surface area contributed by atoms with Crippen molar-refractivity contribution >= 4 is 35.0 Å². The highest BCUT2D eigenvalue weighted by Crippen LogP contribution is 2.46. The van der Waals surface area contributed by atoms with E-state index in [1.165, 1.54) is 18.3 Å². The maximum absolute atomic E-state index is 13.2. The normalized spacial score (nSPS) is 14.6. The molecule has 0 atom stereocenters. The van der Waals surface area contributed by atoms with Crippen molar-refractivity contribution < 1.29 is 24.0 Å². The van der Waals surface area contributed by atoms with Crippen molar-refractivity contribution in [2.45, 2.75) is 38.2 Å². The fraction of sp³-hybridized carbons (Fsp3) is 0.214. The molecule has 0 aliphatic heterocycles. The van der Waals surface area contributed by atoms with Crippen molar-refractivity contribution in [3.8, 4) is 17.1 Å². The van der Waals surface area contributed by atoms with Gasteiger partial charge in [0.05, 0.1) is 21.2 Å². The third-order valence-electron chi connectivity index (χ3n) is 6.80. The first-order valence-electron chi connectivity index (χ1n) is 11.9. The molecular formula is C28H20Cl2N2O5. The number of ketones is 1. The topological polar surface area (TPSA) is 103 Å². The van der Waals surface area contributed by atoms with Gasteiger partial charge in [-0.05, 0) is 61.1 Å². The molecule has 1 fully saturated rings. The number of aromatic carboxylic acids is 1. The quantitative estimate of drug-likeness (QED) is 0.300. The number of carboxylic acids is 1. The molecule has 0 bridgehead atoms. The third kappa shape index (κ3) is 4.38. The highest BCUT2D eigenvalue weighted by molar-refractivity contribution is 6.39. The fourth-order valence-electron chi connectivity index (χ4n) is 4.71. The van der Waals surface area contributed by atoms with Crippen LogP contribution in [-0.2, 0) is 19.4 Å². The largest absolute Gasteiger partial charge is 0.478 e. The number of nitrogens with zero attached hydrogens (tertiary/aromatic N) is 2. The molecule has 6 rings (SSSR count). The number of benzene rings is 2. The molecule has 0 unspecified atom stereocenters. The van der Waals surface area contributed by atoms with E-state index in [1.807, 2.05) is 0 Å².